The average molecular weight is 147 g/mol. The van der Waals surface area contributed by atoms with E-state index in [0.717, 1.165) is 11.4 Å². The van der Waals surface area contributed by atoms with Crippen molar-refractivity contribution in [3.63, 3.8) is 0 Å². The highest BCUT2D eigenvalue weighted by Gasteiger charge is 2.03. The van der Waals surface area contributed by atoms with Gasteiger partial charge >= 0.3 is 0 Å². The van der Waals surface area contributed by atoms with Crippen LogP contribution in [0.4, 0.5) is 0 Å². The van der Waals surface area contributed by atoms with E-state index in [-0.39, 0.29) is 0 Å². The Morgan fingerprint density at radius 2 is 2.55 bits per heavy atom. The highest BCUT2D eigenvalue weighted by atomic mass is 16.3. The lowest BCUT2D eigenvalue weighted by atomic mass is 10.3. The Kier molecular flexibility index (Phi) is 1.28. The maximum Gasteiger partial charge on any atom is 0.180 e. The molecule has 0 aliphatic carbocycles. The summed E-state index contributed by atoms with van der Waals surface area (Å²) in [5.41, 5.74) is 0.887. The second-order valence-corrected chi connectivity index (χ2v) is 2.30. The van der Waals surface area contributed by atoms with E-state index < -0.39 is 0 Å². The molecule has 2 aromatic heterocycles. The van der Waals surface area contributed by atoms with Crippen LogP contribution in [-0.4, -0.2) is 9.55 Å². The number of aromatic nitrogens is 2. The molecule has 0 aliphatic heterocycles. The quantitative estimate of drug-likeness (QED) is 0.611. The molecule has 0 spiro atoms. The zero-order valence-corrected chi connectivity index (χ0v) is 6.11. The molecular formula is C8H7N2O. The summed E-state index contributed by atoms with van der Waals surface area (Å²) in [5, 5.41) is 0. The Morgan fingerprint density at radius 1 is 1.64 bits per heavy atom. The van der Waals surface area contributed by atoms with Gasteiger partial charge in [0.2, 0.25) is 0 Å². The predicted octanol–water partition coefficient (Wildman–Crippen LogP) is 1.48. The van der Waals surface area contributed by atoms with Crippen LogP contribution in [0.15, 0.2) is 29.1 Å². The third-order valence-electron chi connectivity index (χ3n) is 1.53. The lowest BCUT2D eigenvalue weighted by Crippen LogP contribution is -1.88. The van der Waals surface area contributed by atoms with Crippen molar-refractivity contribution in [2.45, 2.75) is 0 Å². The Labute approximate surface area is 64.3 Å². The van der Waals surface area contributed by atoms with E-state index in [9.17, 15) is 0 Å². The molecule has 55 valence electrons. The monoisotopic (exact) mass is 147 g/mol. The average Bonchev–Trinajstić information content (AvgIpc) is 2.55. The van der Waals surface area contributed by atoms with E-state index >= 15 is 0 Å². The molecule has 0 N–H and O–H groups in total. The normalized spacial score (nSPS) is 10.3. The first-order valence-corrected chi connectivity index (χ1v) is 3.31. The molecular weight excluding hydrogens is 140 g/mol. The van der Waals surface area contributed by atoms with Gasteiger partial charge in [0.1, 0.15) is 5.82 Å². The van der Waals surface area contributed by atoms with E-state index in [1.165, 1.54) is 0 Å². The summed E-state index contributed by atoms with van der Waals surface area (Å²) < 4.78 is 6.73. The molecule has 0 atom stereocenters. The fourth-order valence-electron chi connectivity index (χ4n) is 0.979. The molecule has 2 rings (SSSR count). The minimum atomic E-state index is 0.874. The summed E-state index contributed by atoms with van der Waals surface area (Å²) in [6.07, 6.45) is 7.94. The van der Waals surface area contributed by atoms with E-state index in [4.69, 9.17) is 4.42 Å². The topological polar surface area (TPSA) is 31.0 Å². The zero-order chi connectivity index (χ0) is 7.68. The van der Waals surface area contributed by atoms with Gasteiger partial charge in [-0.05, 0) is 6.07 Å². The zero-order valence-electron chi connectivity index (χ0n) is 6.11. The molecule has 2 aromatic rings. The van der Waals surface area contributed by atoms with Crippen LogP contribution in [0, 0.1) is 6.26 Å². The Hall–Kier alpha value is -1.51. The Morgan fingerprint density at radius 3 is 3.09 bits per heavy atom. The number of furan rings is 1. The molecule has 3 nitrogen and oxygen atoms in total. The number of hydrogen-bond acceptors (Lipinski definition) is 2. The lowest BCUT2D eigenvalue weighted by molar-refractivity contribution is 0.558. The largest absolute Gasteiger partial charge is 0.460 e. The summed E-state index contributed by atoms with van der Waals surface area (Å²) in [5.74, 6) is 0.874. The van der Waals surface area contributed by atoms with E-state index in [1.54, 1.807) is 12.5 Å². The van der Waals surface area contributed by atoms with Gasteiger partial charge in [0.05, 0.1) is 11.8 Å². The number of rotatable bonds is 1. The van der Waals surface area contributed by atoms with Crippen molar-refractivity contribution < 1.29 is 4.42 Å². The van der Waals surface area contributed by atoms with Crippen molar-refractivity contribution >= 4 is 0 Å². The van der Waals surface area contributed by atoms with Gasteiger partial charge < -0.3 is 8.98 Å². The molecule has 0 aromatic carbocycles. The van der Waals surface area contributed by atoms with Gasteiger partial charge in [0.25, 0.3) is 0 Å². The van der Waals surface area contributed by atoms with Gasteiger partial charge in [-0.3, -0.25) is 0 Å². The predicted molar refractivity (Wildman–Crippen MR) is 39.7 cm³/mol. The van der Waals surface area contributed by atoms with E-state index in [2.05, 4.69) is 11.2 Å². The van der Waals surface area contributed by atoms with Gasteiger partial charge in [-0.15, -0.1) is 0 Å². The number of aryl methyl sites for hydroxylation is 1. The summed E-state index contributed by atoms with van der Waals surface area (Å²) in [7, 11) is 1.93. The molecule has 0 bridgehead atoms. The molecule has 2 heterocycles. The number of nitrogens with zero attached hydrogens (tertiary/aromatic N) is 2. The van der Waals surface area contributed by atoms with Crippen LogP contribution in [0.3, 0.4) is 0 Å². The van der Waals surface area contributed by atoms with Crippen LogP contribution in [0.25, 0.3) is 11.4 Å². The summed E-state index contributed by atoms with van der Waals surface area (Å²) in [6.45, 7) is 0. The molecule has 0 unspecified atom stereocenters. The minimum absolute atomic E-state index is 0.874. The smallest absolute Gasteiger partial charge is 0.180 e. The van der Waals surface area contributed by atoms with Crippen molar-refractivity contribution in [3.05, 3.63) is 31.0 Å². The molecule has 1 radical (unpaired) electrons. The highest BCUT2D eigenvalue weighted by Crippen LogP contribution is 2.14. The third-order valence-corrected chi connectivity index (χ3v) is 1.53. The summed E-state index contributed by atoms with van der Waals surface area (Å²) in [6, 6.07) is 1.84. The van der Waals surface area contributed by atoms with Gasteiger partial charge in [0.15, 0.2) is 6.26 Å². The van der Waals surface area contributed by atoms with E-state index in [1.807, 2.05) is 23.9 Å². The molecule has 0 fully saturated rings. The summed E-state index contributed by atoms with van der Waals surface area (Å²) in [4.78, 5) is 4.13. The molecule has 0 saturated heterocycles. The first-order chi connectivity index (χ1) is 5.38. The minimum Gasteiger partial charge on any atom is -0.460 e. The van der Waals surface area contributed by atoms with Crippen molar-refractivity contribution in [1.82, 2.24) is 9.55 Å². The van der Waals surface area contributed by atoms with Crippen molar-refractivity contribution in [2.75, 3.05) is 0 Å². The van der Waals surface area contributed by atoms with Crippen molar-refractivity contribution in [3.8, 4) is 11.4 Å². The molecule has 3 heteroatoms. The van der Waals surface area contributed by atoms with Gasteiger partial charge in [-0.1, -0.05) is 0 Å². The van der Waals surface area contributed by atoms with Gasteiger partial charge in [-0.2, -0.15) is 0 Å². The van der Waals surface area contributed by atoms with Crippen molar-refractivity contribution in [1.29, 1.82) is 0 Å². The maximum absolute atomic E-state index is 4.81. The Bertz CT molecular complexity index is 335. The second kappa shape index (κ2) is 2.27. The standard InChI is InChI=1S/C8H7N2O/c1-10-4-3-9-8(10)7-2-5-11-6-7/h2-5H,1H3. The second-order valence-electron chi connectivity index (χ2n) is 2.30. The van der Waals surface area contributed by atoms with Crippen LogP contribution < -0.4 is 0 Å². The van der Waals surface area contributed by atoms with Crippen LogP contribution in [0.5, 0.6) is 0 Å². The van der Waals surface area contributed by atoms with E-state index in [0.29, 0.717) is 0 Å². The fourth-order valence-corrected chi connectivity index (χ4v) is 0.979. The Balaban J connectivity index is 2.53. The van der Waals surface area contributed by atoms with Crippen LogP contribution in [0.1, 0.15) is 0 Å². The number of imidazole rings is 1. The van der Waals surface area contributed by atoms with Crippen molar-refractivity contribution in [2.24, 2.45) is 7.05 Å². The molecule has 0 saturated carbocycles. The molecule has 11 heavy (non-hydrogen) atoms. The highest BCUT2D eigenvalue weighted by molar-refractivity contribution is 5.52. The molecule has 0 amide bonds. The van der Waals surface area contributed by atoms with Crippen LogP contribution in [0.2, 0.25) is 0 Å². The van der Waals surface area contributed by atoms with Gasteiger partial charge in [0, 0.05) is 19.4 Å². The molecule has 0 aliphatic rings. The number of hydrogen-bond donors (Lipinski definition) is 0. The lowest BCUT2D eigenvalue weighted by Gasteiger charge is -1.94. The summed E-state index contributed by atoms with van der Waals surface area (Å²) >= 11 is 0. The maximum atomic E-state index is 4.81. The third kappa shape index (κ3) is 0.941. The first kappa shape index (κ1) is 6.22. The van der Waals surface area contributed by atoms with Crippen LogP contribution in [-0.2, 0) is 7.05 Å². The first-order valence-electron chi connectivity index (χ1n) is 3.31. The SMILES string of the molecule is Cn1ccnc1-c1[c]occ1. The van der Waals surface area contributed by atoms with Crippen LogP contribution >= 0.6 is 0 Å². The van der Waals surface area contributed by atoms with Gasteiger partial charge in [-0.25, -0.2) is 4.98 Å². The fraction of sp³-hybridized carbons (Fsp3) is 0.125.